The van der Waals surface area contributed by atoms with Crippen molar-refractivity contribution in [2.75, 3.05) is 0 Å². The van der Waals surface area contributed by atoms with E-state index in [-0.39, 0.29) is 17.9 Å². The van der Waals surface area contributed by atoms with Crippen molar-refractivity contribution in [1.29, 1.82) is 0 Å². The first-order valence-electron chi connectivity index (χ1n) is 6.87. The van der Waals surface area contributed by atoms with Gasteiger partial charge in [-0.3, -0.25) is 9.59 Å². The lowest BCUT2D eigenvalue weighted by molar-refractivity contribution is -0.141. The maximum absolute atomic E-state index is 12.4. The van der Waals surface area contributed by atoms with Gasteiger partial charge in [-0.25, -0.2) is 0 Å². The first kappa shape index (κ1) is 15.6. The lowest BCUT2D eigenvalue weighted by atomic mass is 10.1. The van der Waals surface area contributed by atoms with Gasteiger partial charge in [0.1, 0.15) is 4.88 Å². The maximum Gasteiger partial charge on any atom is 0.306 e. The molecular weight excluding hydrogens is 345 g/mol. The van der Waals surface area contributed by atoms with Crippen LogP contribution < -0.4 is 5.32 Å². The van der Waals surface area contributed by atoms with E-state index in [2.05, 4.69) is 5.32 Å². The van der Waals surface area contributed by atoms with Crippen molar-refractivity contribution in [3.8, 4) is 0 Å². The number of nitrogens with one attached hydrogen (secondary N) is 1. The number of aliphatic carboxylic acids is 1. The number of thiophene rings is 1. The molecule has 0 bridgehead atoms. The summed E-state index contributed by atoms with van der Waals surface area (Å²) in [5.74, 6) is -1.42. The van der Waals surface area contributed by atoms with E-state index in [4.69, 9.17) is 28.3 Å². The van der Waals surface area contributed by atoms with Gasteiger partial charge in [-0.1, -0.05) is 29.3 Å². The molecule has 0 spiro atoms. The summed E-state index contributed by atoms with van der Waals surface area (Å²) in [5, 5.41) is 13.7. The molecule has 4 nitrogen and oxygen atoms in total. The van der Waals surface area contributed by atoms with Crippen molar-refractivity contribution in [2.24, 2.45) is 5.92 Å². The van der Waals surface area contributed by atoms with E-state index in [0.717, 1.165) is 10.1 Å². The second-order valence-corrected chi connectivity index (χ2v) is 7.27. The Kier molecular flexibility index (Phi) is 4.30. The summed E-state index contributed by atoms with van der Waals surface area (Å²) in [6.07, 6.45) is 1.74. The number of carbonyl (C=O) groups is 2. The fourth-order valence-electron chi connectivity index (χ4n) is 2.77. The van der Waals surface area contributed by atoms with Crippen molar-refractivity contribution in [1.82, 2.24) is 5.32 Å². The Morgan fingerprint density at radius 2 is 2.05 bits per heavy atom. The highest BCUT2D eigenvalue weighted by Gasteiger charge is 2.31. The van der Waals surface area contributed by atoms with Crippen LogP contribution in [0.2, 0.25) is 10.0 Å². The van der Waals surface area contributed by atoms with Crippen molar-refractivity contribution >= 4 is 56.5 Å². The molecule has 1 amide bonds. The number of carboxylic acids is 1. The molecule has 7 heteroatoms. The summed E-state index contributed by atoms with van der Waals surface area (Å²) >= 11 is 13.5. The Morgan fingerprint density at radius 1 is 1.27 bits per heavy atom. The van der Waals surface area contributed by atoms with Crippen LogP contribution in [-0.2, 0) is 4.79 Å². The van der Waals surface area contributed by atoms with Gasteiger partial charge in [0.25, 0.3) is 5.91 Å². The minimum Gasteiger partial charge on any atom is -0.481 e. The number of carboxylic acid groups (broad SMARTS) is 1. The van der Waals surface area contributed by atoms with Crippen molar-refractivity contribution < 1.29 is 14.7 Å². The van der Waals surface area contributed by atoms with E-state index >= 15 is 0 Å². The molecule has 116 valence electrons. The van der Waals surface area contributed by atoms with E-state index in [1.165, 1.54) is 11.3 Å². The lowest BCUT2D eigenvalue weighted by Gasteiger charge is -2.11. The number of rotatable bonds is 3. The Hall–Kier alpha value is -1.30. The number of benzene rings is 1. The van der Waals surface area contributed by atoms with E-state index < -0.39 is 5.97 Å². The molecule has 0 saturated heterocycles. The zero-order valence-electron chi connectivity index (χ0n) is 11.4. The molecule has 3 rings (SSSR count). The predicted octanol–water partition coefficient (Wildman–Crippen LogP) is 4.19. The largest absolute Gasteiger partial charge is 0.481 e. The molecule has 2 N–H and O–H groups in total. The third-order valence-corrected chi connectivity index (χ3v) is 5.81. The monoisotopic (exact) mass is 357 g/mol. The molecule has 1 aliphatic carbocycles. The van der Waals surface area contributed by atoms with Crippen LogP contribution in [0.15, 0.2) is 18.2 Å². The molecule has 1 heterocycles. The molecule has 1 aromatic carbocycles. The van der Waals surface area contributed by atoms with Crippen LogP contribution in [0.4, 0.5) is 0 Å². The second kappa shape index (κ2) is 6.07. The van der Waals surface area contributed by atoms with Crippen molar-refractivity contribution in [3.63, 3.8) is 0 Å². The smallest absolute Gasteiger partial charge is 0.306 e. The second-order valence-electron chi connectivity index (χ2n) is 5.40. The van der Waals surface area contributed by atoms with Gasteiger partial charge in [0.2, 0.25) is 0 Å². The topological polar surface area (TPSA) is 66.4 Å². The number of amides is 1. The Bertz CT molecular complexity index is 759. The lowest BCUT2D eigenvalue weighted by Crippen LogP contribution is -2.33. The number of hydrogen-bond donors (Lipinski definition) is 2. The highest BCUT2D eigenvalue weighted by Crippen LogP contribution is 2.37. The molecular formula is C15H13Cl2NO3S. The zero-order chi connectivity index (χ0) is 15.9. The Morgan fingerprint density at radius 3 is 2.73 bits per heavy atom. The van der Waals surface area contributed by atoms with Crippen LogP contribution in [0.3, 0.4) is 0 Å². The average molecular weight is 358 g/mol. The fraction of sp³-hybridized carbons (Fsp3) is 0.333. The molecule has 2 aromatic rings. The molecule has 1 aromatic heterocycles. The maximum atomic E-state index is 12.4. The van der Waals surface area contributed by atoms with Crippen LogP contribution in [0.1, 0.15) is 28.9 Å². The number of hydrogen-bond acceptors (Lipinski definition) is 3. The quantitative estimate of drug-likeness (QED) is 0.865. The Balaban J connectivity index is 1.78. The summed E-state index contributed by atoms with van der Waals surface area (Å²) in [5.41, 5.74) is 0. The summed E-state index contributed by atoms with van der Waals surface area (Å²) in [7, 11) is 0. The minimum absolute atomic E-state index is 0.113. The first-order chi connectivity index (χ1) is 10.5. The van der Waals surface area contributed by atoms with E-state index in [1.54, 1.807) is 18.2 Å². The van der Waals surface area contributed by atoms with E-state index in [1.807, 2.05) is 0 Å². The van der Waals surface area contributed by atoms with Crippen LogP contribution in [0.5, 0.6) is 0 Å². The van der Waals surface area contributed by atoms with Crippen LogP contribution in [-0.4, -0.2) is 23.0 Å². The molecule has 22 heavy (non-hydrogen) atoms. The predicted molar refractivity (Wildman–Crippen MR) is 88.1 cm³/mol. The normalized spacial score (nSPS) is 21.2. The van der Waals surface area contributed by atoms with Crippen molar-refractivity contribution in [3.05, 3.63) is 33.1 Å². The van der Waals surface area contributed by atoms with Crippen LogP contribution >= 0.6 is 34.5 Å². The van der Waals surface area contributed by atoms with E-state index in [9.17, 15) is 9.59 Å². The average Bonchev–Trinajstić information content (AvgIpc) is 3.04. The highest BCUT2D eigenvalue weighted by molar-refractivity contribution is 7.21. The molecule has 2 atom stereocenters. The highest BCUT2D eigenvalue weighted by atomic mass is 35.5. The third kappa shape index (κ3) is 2.93. The fourth-order valence-corrected chi connectivity index (χ4v) is 4.47. The molecule has 0 unspecified atom stereocenters. The van der Waals surface area contributed by atoms with Gasteiger partial charge < -0.3 is 10.4 Å². The van der Waals surface area contributed by atoms with Gasteiger partial charge in [0.05, 0.1) is 10.9 Å². The van der Waals surface area contributed by atoms with Crippen LogP contribution in [0.25, 0.3) is 10.1 Å². The summed E-state index contributed by atoms with van der Waals surface area (Å²) < 4.78 is 0.859. The zero-order valence-corrected chi connectivity index (χ0v) is 13.8. The third-order valence-electron chi connectivity index (χ3n) is 3.91. The SMILES string of the molecule is O=C(N[C@H]1CC[C@@H](C(=O)O)C1)c1sc2cc(Cl)ccc2c1Cl. The van der Waals surface area contributed by atoms with Gasteiger partial charge in [-0.15, -0.1) is 11.3 Å². The van der Waals surface area contributed by atoms with Crippen LogP contribution in [0, 0.1) is 5.92 Å². The summed E-state index contributed by atoms with van der Waals surface area (Å²) in [6.45, 7) is 0. The van der Waals surface area contributed by atoms with Crippen molar-refractivity contribution in [2.45, 2.75) is 25.3 Å². The standard InChI is InChI=1S/C15H13Cl2NO3S/c16-8-2-4-10-11(6-8)22-13(12(10)17)14(19)18-9-3-1-7(5-9)15(20)21/h2,4,6-7,9H,1,3,5H2,(H,18,19)(H,20,21)/t7-,9+/m1/s1. The Labute approximate surface area is 141 Å². The number of halogens is 2. The molecule has 1 aliphatic rings. The van der Waals surface area contributed by atoms with Gasteiger partial charge in [0.15, 0.2) is 0 Å². The molecule has 1 saturated carbocycles. The van der Waals surface area contributed by atoms with E-state index in [0.29, 0.717) is 34.2 Å². The number of fused-ring (bicyclic) bond motifs is 1. The number of carbonyl (C=O) groups excluding carboxylic acids is 1. The minimum atomic E-state index is -0.800. The first-order valence-corrected chi connectivity index (χ1v) is 8.44. The van der Waals surface area contributed by atoms with Gasteiger partial charge in [-0.2, -0.15) is 0 Å². The molecule has 1 fully saturated rings. The summed E-state index contributed by atoms with van der Waals surface area (Å²) in [4.78, 5) is 23.8. The summed E-state index contributed by atoms with van der Waals surface area (Å²) in [6, 6.07) is 5.20. The van der Waals surface area contributed by atoms with Gasteiger partial charge >= 0.3 is 5.97 Å². The molecule has 0 aliphatic heterocycles. The van der Waals surface area contributed by atoms with Gasteiger partial charge in [0, 0.05) is 21.2 Å². The van der Waals surface area contributed by atoms with Gasteiger partial charge in [-0.05, 0) is 31.4 Å². The molecule has 0 radical (unpaired) electrons.